The normalized spacial score (nSPS) is 11.9. The highest BCUT2D eigenvalue weighted by molar-refractivity contribution is 6.00. The zero-order chi connectivity index (χ0) is 23.0. The van der Waals surface area contributed by atoms with Crippen molar-refractivity contribution in [2.24, 2.45) is 5.92 Å². The molecule has 1 aromatic heterocycles. The molecule has 168 valence electrons. The van der Waals surface area contributed by atoms with Crippen LogP contribution in [0.25, 0.3) is 0 Å². The molecule has 1 N–H and O–H groups in total. The van der Waals surface area contributed by atoms with Crippen LogP contribution in [0.3, 0.4) is 0 Å². The van der Waals surface area contributed by atoms with Gasteiger partial charge in [0.2, 0.25) is 5.78 Å². The Morgan fingerprint density at radius 3 is 2.39 bits per heavy atom. The first-order valence-corrected chi connectivity index (χ1v) is 10.5. The van der Waals surface area contributed by atoms with E-state index in [1.54, 1.807) is 31.4 Å². The van der Waals surface area contributed by atoms with E-state index in [0.29, 0.717) is 17.7 Å². The number of carbonyl (C=O) groups is 3. The molecule has 2 rings (SSSR count). The topological polar surface area (TPSA) is 86.6 Å². The average Bonchev–Trinajstić information content (AvgIpc) is 3.04. The van der Waals surface area contributed by atoms with E-state index < -0.39 is 12.0 Å². The molecule has 7 heteroatoms. The van der Waals surface area contributed by atoms with E-state index in [2.05, 4.69) is 9.88 Å². The van der Waals surface area contributed by atoms with E-state index in [1.165, 1.54) is 0 Å². The smallest absolute Gasteiger partial charge is 0.329 e. The maximum atomic E-state index is 12.7. The molecule has 0 aliphatic carbocycles. The van der Waals surface area contributed by atoms with Gasteiger partial charge >= 0.3 is 5.97 Å². The van der Waals surface area contributed by atoms with Crippen molar-refractivity contribution < 1.29 is 23.9 Å². The minimum Gasteiger partial charge on any atom is -0.456 e. The van der Waals surface area contributed by atoms with E-state index in [9.17, 15) is 14.4 Å². The second kappa shape index (κ2) is 11.5. The molecule has 0 spiro atoms. The van der Waals surface area contributed by atoms with Gasteiger partial charge in [-0.05, 0) is 44.4 Å². The molecule has 0 aliphatic heterocycles. The first-order chi connectivity index (χ1) is 14.8. The summed E-state index contributed by atoms with van der Waals surface area (Å²) in [6.45, 7) is 8.47. The third-order valence-electron chi connectivity index (χ3n) is 5.19. The lowest BCUT2D eigenvalue weighted by atomic mass is 10.0. The van der Waals surface area contributed by atoms with Gasteiger partial charge in [-0.1, -0.05) is 32.0 Å². The van der Waals surface area contributed by atoms with Gasteiger partial charge in [0.1, 0.15) is 6.04 Å². The van der Waals surface area contributed by atoms with Gasteiger partial charge in [-0.3, -0.25) is 9.59 Å². The minimum absolute atomic E-state index is 0.193. The maximum Gasteiger partial charge on any atom is 0.329 e. The van der Waals surface area contributed by atoms with Crippen LogP contribution in [0.2, 0.25) is 0 Å². The second-order valence-corrected chi connectivity index (χ2v) is 7.87. The van der Waals surface area contributed by atoms with Crippen molar-refractivity contribution in [1.29, 1.82) is 0 Å². The zero-order valence-corrected chi connectivity index (χ0v) is 18.9. The number of nitrogens with zero attached hydrogens (tertiary/aromatic N) is 1. The second-order valence-electron chi connectivity index (χ2n) is 7.87. The van der Waals surface area contributed by atoms with Crippen molar-refractivity contribution in [2.75, 3.05) is 20.3 Å². The predicted molar refractivity (Wildman–Crippen MR) is 118 cm³/mol. The molecule has 0 bridgehead atoms. The van der Waals surface area contributed by atoms with E-state index in [-0.39, 0.29) is 24.2 Å². The summed E-state index contributed by atoms with van der Waals surface area (Å²) in [5, 5.41) is 2.71. The van der Waals surface area contributed by atoms with Crippen LogP contribution in [-0.4, -0.2) is 48.6 Å². The summed E-state index contributed by atoms with van der Waals surface area (Å²) in [5.41, 5.74) is 2.81. The molecule has 0 saturated carbocycles. The van der Waals surface area contributed by atoms with Crippen molar-refractivity contribution in [3.8, 4) is 0 Å². The number of aromatic nitrogens is 1. The molecular weight excluding hydrogens is 396 g/mol. The molecule has 1 aromatic carbocycles. The van der Waals surface area contributed by atoms with Crippen LogP contribution in [-0.2, 0) is 20.8 Å². The molecule has 2 aromatic rings. The highest BCUT2D eigenvalue weighted by Gasteiger charge is 2.27. The van der Waals surface area contributed by atoms with Crippen LogP contribution in [0.1, 0.15) is 52.4 Å². The van der Waals surface area contributed by atoms with E-state index in [4.69, 9.17) is 9.47 Å². The zero-order valence-electron chi connectivity index (χ0n) is 18.9. The number of ketones is 1. The monoisotopic (exact) mass is 428 g/mol. The van der Waals surface area contributed by atoms with E-state index in [0.717, 1.165) is 24.4 Å². The van der Waals surface area contributed by atoms with Crippen LogP contribution in [0, 0.1) is 19.8 Å². The summed E-state index contributed by atoms with van der Waals surface area (Å²) in [7, 11) is 1.66. The molecule has 0 radical (unpaired) electrons. The minimum atomic E-state index is -0.845. The Kier molecular flexibility index (Phi) is 9.00. The van der Waals surface area contributed by atoms with Crippen LogP contribution in [0.4, 0.5) is 0 Å². The van der Waals surface area contributed by atoms with Gasteiger partial charge in [-0.2, -0.15) is 0 Å². The first kappa shape index (κ1) is 24.3. The SMILES string of the molecule is COCCCn1c(C)cc(C(=O)COC(=O)C(NC(=O)c2ccccc2)C(C)C)c1C. The van der Waals surface area contributed by atoms with Gasteiger partial charge in [-0.15, -0.1) is 0 Å². The summed E-state index contributed by atoms with van der Waals surface area (Å²) in [4.78, 5) is 37.7. The number of amides is 1. The number of ether oxygens (including phenoxy) is 2. The number of esters is 1. The molecule has 1 atom stereocenters. The Morgan fingerprint density at radius 1 is 1.10 bits per heavy atom. The standard InChI is InChI=1S/C24H32N2O5/c1-16(2)22(25-23(28)19-10-7-6-8-11-19)24(29)31-15-21(27)20-14-17(3)26(18(20)4)12-9-13-30-5/h6-8,10-11,14,16,22H,9,12-13,15H2,1-5H3,(H,25,28). The maximum absolute atomic E-state index is 12.7. The van der Waals surface area contributed by atoms with Gasteiger partial charge in [-0.25, -0.2) is 4.79 Å². The Bertz CT molecular complexity index is 902. The summed E-state index contributed by atoms with van der Waals surface area (Å²) in [5.74, 6) is -1.44. The third kappa shape index (κ3) is 6.52. The summed E-state index contributed by atoms with van der Waals surface area (Å²) in [6.07, 6.45) is 0.840. The molecule has 0 fully saturated rings. The Labute approximate surface area is 183 Å². The number of methoxy groups -OCH3 is 1. The lowest BCUT2D eigenvalue weighted by molar-refractivity contribution is -0.145. The van der Waals surface area contributed by atoms with Gasteiger partial charge in [0, 0.05) is 42.8 Å². The van der Waals surface area contributed by atoms with Gasteiger partial charge < -0.3 is 19.4 Å². The highest BCUT2D eigenvalue weighted by atomic mass is 16.5. The Morgan fingerprint density at radius 2 is 1.77 bits per heavy atom. The number of Topliss-reactive ketones (excluding diaryl/α,β-unsaturated/α-hetero) is 1. The highest BCUT2D eigenvalue weighted by Crippen LogP contribution is 2.17. The van der Waals surface area contributed by atoms with Gasteiger partial charge in [0.15, 0.2) is 6.61 Å². The van der Waals surface area contributed by atoms with Crippen LogP contribution in [0.5, 0.6) is 0 Å². The molecule has 0 saturated heterocycles. The van der Waals surface area contributed by atoms with Crippen molar-refractivity contribution in [3.63, 3.8) is 0 Å². The third-order valence-corrected chi connectivity index (χ3v) is 5.19. The fourth-order valence-corrected chi connectivity index (χ4v) is 3.41. The largest absolute Gasteiger partial charge is 0.456 e. The van der Waals surface area contributed by atoms with Crippen molar-refractivity contribution >= 4 is 17.7 Å². The Hall–Kier alpha value is -2.93. The number of rotatable bonds is 11. The van der Waals surface area contributed by atoms with Crippen LogP contribution in [0.15, 0.2) is 36.4 Å². The molecular formula is C24H32N2O5. The van der Waals surface area contributed by atoms with Gasteiger partial charge in [0.05, 0.1) is 0 Å². The predicted octanol–water partition coefficient (Wildman–Crippen LogP) is 3.32. The molecule has 0 aliphatic rings. The molecule has 1 unspecified atom stereocenters. The van der Waals surface area contributed by atoms with E-state index >= 15 is 0 Å². The molecule has 7 nitrogen and oxygen atoms in total. The number of hydrogen-bond donors (Lipinski definition) is 1. The fourth-order valence-electron chi connectivity index (χ4n) is 3.41. The van der Waals surface area contributed by atoms with Crippen molar-refractivity contribution in [2.45, 2.75) is 46.7 Å². The number of hydrogen-bond acceptors (Lipinski definition) is 5. The molecule has 1 heterocycles. The first-order valence-electron chi connectivity index (χ1n) is 10.5. The van der Waals surface area contributed by atoms with Crippen LogP contribution < -0.4 is 5.32 Å². The number of aryl methyl sites for hydroxylation is 1. The Balaban J connectivity index is 2.00. The average molecular weight is 429 g/mol. The number of benzene rings is 1. The number of nitrogens with one attached hydrogen (secondary N) is 1. The molecule has 31 heavy (non-hydrogen) atoms. The summed E-state index contributed by atoms with van der Waals surface area (Å²) >= 11 is 0. The molecule has 1 amide bonds. The van der Waals surface area contributed by atoms with Gasteiger partial charge in [0.25, 0.3) is 5.91 Å². The number of carbonyl (C=O) groups excluding carboxylic acids is 3. The van der Waals surface area contributed by atoms with Crippen LogP contribution >= 0.6 is 0 Å². The summed E-state index contributed by atoms with van der Waals surface area (Å²) < 4.78 is 12.4. The fraction of sp³-hybridized carbons (Fsp3) is 0.458. The van der Waals surface area contributed by atoms with Crippen molar-refractivity contribution in [1.82, 2.24) is 9.88 Å². The van der Waals surface area contributed by atoms with E-state index in [1.807, 2.05) is 39.8 Å². The lowest BCUT2D eigenvalue weighted by Gasteiger charge is -2.20. The lowest BCUT2D eigenvalue weighted by Crippen LogP contribution is -2.45. The van der Waals surface area contributed by atoms with Crippen molar-refractivity contribution in [3.05, 3.63) is 58.9 Å². The quantitative estimate of drug-likeness (QED) is 0.337. The summed E-state index contributed by atoms with van der Waals surface area (Å²) in [6, 6.07) is 9.63.